The summed E-state index contributed by atoms with van der Waals surface area (Å²) in [6, 6.07) is 44.1. The maximum atomic E-state index is 3.69. The minimum absolute atomic E-state index is 1.20. The molecular formula is C34H21NS. The Kier molecular flexibility index (Phi) is 4.16. The molecule has 6 aromatic carbocycles. The van der Waals surface area contributed by atoms with Gasteiger partial charge in [-0.2, -0.15) is 0 Å². The molecule has 8 aromatic rings. The van der Waals surface area contributed by atoms with E-state index in [2.05, 4.69) is 126 Å². The maximum absolute atomic E-state index is 3.69. The summed E-state index contributed by atoms with van der Waals surface area (Å²) in [6.07, 6.45) is 0. The van der Waals surface area contributed by atoms with Crippen molar-refractivity contribution in [3.63, 3.8) is 0 Å². The molecule has 1 nitrogen and oxygen atoms in total. The summed E-state index contributed by atoms with van der Waals surface area (Å²) >= 11 is 1.88. The van der Waals surface area contributed by atoms with Gasteiger partial charge in [-0.1, -0.05) is 91.0 Å². The standard InChI is InChI=1S/C34H21NS/c1-2-6-21(7-3-1)22-10-12-23(13-11-22)25-15-18-30-27(20-25)33-31(36-30)19-17-29-34(33)32-26-9-5-4-8-24(26)14-16-28(32)35-29/h1-20,35H. The van der Waals surface area contributed by atoms with Gasteiger partial charge >= 0.3 is 0 Å². The van der Waals surface area contributed by atoms with Crippen molar-refractivity contribution in [3.8, 4) is 22.3 Å². The van der Waals surface area contributed by atoms with Crippen molar-refractivity contribution in [2.75, 3.05) is 0 Å². The first-order valence-corrected chi connectivity index (χ1v) is 13.1. The van der Waals surface area contributed by atoms with Gasteiger partial charge in [-0.05, 0) is 63.4 Å². The largest absolute Gasteiger partial charge is 0.354 e. The van der Waals surface area contributed by atoms with Gasteiger partial charge in [-0.3, -0.25) is 0 Å². The molecule has 0 aliphatic rings. The second-order valence-electron chi connectivity index (χ2n) is 9.45. The number of aromatic amines is 1. The van der Waals surface area contributed by atoms with Gasteiger partial charge < -0.3 is 4.98 Å². The number of hydrogen-bond donors (Lipinski definition) is 1. The lowest BCUT2D eigenvalue weighted by atomic mass is 9.97. The zero-order valence-corrected chi connectivity index (χ0v) is 20.3. The average molecular weight is 476 g/mol. The average Bonchev–Trinajstić information content (AvgIpc) is 3.51. The molecule has 0 aliphatic heterocycles. The Hall–Kier alpha value is -4.40. The van der Waals surface area contributed by atoms with Gasteiger partial charge in [-0.15, -0.1) is 11.3 Å². The maximum Gasteiger partial charge on any atom is 0.0472 e. The second kappa shape index (κ2) is 7.55. The summed E-state index contributed by atoms with van der Waals surface area (Å²) in [4.78, 5) is 3.69. The van der Waals surface area contributed by atoms with Gasteiger partial charge in [0.05, 0.1) is 0 Å². The van der Waals surface area contributed by atoms with E-state index in [-0.39, 0.29) is 0 Å². The van der Waals surface area contributed by atoms with Crippen LogP contribution >= 0.6 is 11.3 Å². The number of fused-ring (bicyclic) bond motifs is 9. The predicted octanol–water partition coefficient (Wildman–Crippen LogP) is 10.2. The zero-order chi connectivity index (χ0) is 23.6. The zero-order valence-electron chi connectivity index (χ0n) is 19.5. The molecule has 0 bridgehead atoms. The van der Waals surface area contributed by atoms with E-state index in [0.29, 0.717) is 0 Å². The van der Waals surface area contributed by atoms with Crippen LogP contribution in [0.4, 0.5) is 0 Å². The van der Waals surface area contributed by atoms with E-state index in [1.54, 1.807) is 0 Å². The number of thiophene rings is 1. The van der Waals surface area contributed by atoms with Crippen molar-refractivity contribution >= 4 is 64.1 Å². The van der Waals surface area contributed by atoms with Gasteiger partial charge in [0.15, 0.2) is 0 Å². The lowest BCUT2D eigenvalue weighted by Gasteiger charge is -2.06. The van der Waals surface area contributed by atoms with Gasteiger partial charge in [0.1, 0.15) is 0 Å². The molecule has 8 rings (SSSR count). The lowest BCUT2D eigenvalue weighted by molar-refractivity contribution is 1.56. The SMILES string of the molecule is c1ccc(-c2ccc(-c3ccc4sc5ccc6[nH]c7ccc8ccccc8c7c6c5c4c3)cc2)cc1. The van der Waals surface area contributed by atoms with Crippen molar-refractivity contribution in [2.45, 2.75) is 0 Å². The van der Waals surface area contributed by atoms with Crippen LogP contribution in [0.2, 0.25) is 0 Å². The Balaban J connectivity index is 1.38. The first-order valence-electron chi connectivity index (χ1n) is 12.3. The van der Waals surface area contributed by atoms with Crippen molar-refractivity contribution in [1.29, 1.82) is 0 Å². The van der Waals surface area contributed by atoms with E-state index in [1.165, 1.54) is 75.0 Å². The van der Waals surface area contributed by atoms with Crippen molar-refractivity contribution in [3.05, 3.63) is 121 Å². The van der Waals surface area contributed by atoms with E-state index < -0.39 is 0 Å². The molecule has 0 atom stereocenters. The van der Waals surface area contributed by atoms with Gasteiger partial charge in [0.2, 0.25) is 0 Å². The molecule has 1 N–H and O–H groups in total. The molecule has 0 saturated carbocycles. The first kappa shape index (κ1) is 19.9. The molecule has 0 saturated heterocycles. The highest BCUT2D eigenvalue weighted by Crippen LogP contribution is 2.44. The van der Waals surface area contributed by atoms with Crippen LogP contribution in [-0.2, 0) is 0 Å². The summed E-state index contributed by atoms with van der Waals surface area (Å²) in [6.45, 7) is 0. The molecule has 0 fully saturated rings. The summed E-state index contributed by atoms with van der Waals surface area (Å²) < 4.78 is 2.67. The van der Waals surface area contributed by atoms with Gasteiger partial charge in [0, 0.05) is 42.0 Å². The highest BCUT2D eigenvalue weighted by molar-refractivity contribution is 7.26. The molecule has 0 spiro atoms. The molecule has 0 unspecified atom stereocenters. The molecule has 2 heterocycles. The van der Waals surface area contributed by atoms with Crippen LogP contribution in [0.1, 0.15) is 0 Å². The highest BCUT2D eigenvalue weighted by atomic mass is 32.1. The predicted molar refractivity (Wildman–Crippen MR) is 157 cm³/mol. The smallest absolute Gasteiger partial charge is 0.0472 e. The molecule has 168 valence electrons. The Morgan fingerprint density at radius 3 is 1.92 bits per heavy atom. The quantitative estimate of drug-likeness (QED) is 0.256. The summed E-state index contributed by atoms with van der Waals surface area (Å²) in [7, 11) is 0. The van der Waals surface area contributed by atoms with Crippen molar-refractivity contribution in [1.82, 2.24) is 4.98 Å². The molecule has 0 aliphatic carbocycles. The lowest BCUT2D eigenvalue weighted by Crippen LogP contribution is -1.80. The van der Waals surface area contributed by atoms with E-state index in [0.717, 1.165) is 0 Å². The Labute approximate surface area is 212 Å². The molecule has 0 amide bonds. The fourth-order valence-electron chi connectivity index (χ4n) is 5.69. The number of hydrogen-bond acceptors (Lipinski definition) is 1. The van der Waals surface area contributed by atoms with E-state index in [4.69, 9.17) is 0 Å². The normalized spacial score (nSPS) is 11.9. The fourth-order valence-corrected chi connectivity index (χ4v) is 6.78. The summed E-state index contributed by atoms with van der Waals surface area (Å²) in [5.74, 6) is 0. The summed E-state index contributed by atoms with van der Waals surface area (Å²) in [5.41, 5.74) is 7.39. The molecule has 0 radical (unpaired) electrons. The van der Waals surface area contributed by atoms with Crippen LogP contribution in [-0.4, -0.2) is 4.98 Å². The molecule has 2 heteroatoms. The number of aromatic nitrogens is 1. The third-order valence-electron chi connectivity index (χ3n) is 7.41. The Bertz CT molecular complexity index is 2080. The van der Waals surface area contributed by atoms with Crippen LogP contribution in [0.15, 0.2) is 121 Å². The number of rotatable bonds is 2. The minimum Gasteiger partial charge on any atom is -0.354 e. The van der Waals surface area contributed by atoms with E-state index >= 15 is 0 Å². The molecule has 36 heavy (non-hydrogen) atoms. The van der Waals surface area contributed by atoms with Gasteiger partial charge in [0.25, 0.3) is 0 Å². The first-order chi connectivity index (χ1) is 17.8. The second-order valence-corrected chi connectivity index (χ2v) is 10.5. The van der Waals surface area contributed by atoms with E-state index in [9.17, 15) is 0 Å². The number of benzene rings is 6. The third-order valence-corrected chi connectivity index (χ3v) is 8.55. The number of nitrogens with one attached hydrogen (secondary N) is 1. The molecular weight excluding hydrogens is 454 g/mol. The third kappa shape index (κ3) is 2.89. The van der Waals surface area contributed by atoms with Crippen LogP contribution in [0.25, 0.3) is 75.0 Å². The van der Waals surface area contributed by atoms with Crippen molar-refractivity contribution < 1.29 is 0 Å². The fraction of sp³-hybridized carbons (Fsp3) is 0. The van der Waals surface area contributed by atoms with Crippen LogP contribution < -0.4 is 0 Å². The number of H-pyrrole nitrogens is 1. The Morgan fingerprint density at radius 1 is 0.417 bits per heavy atom. The monoisotopic (exact) mass is 475 g/mol. The Morgan fingerprint density at radius 2 is 1.06 bits per heavy atom. The van der Waals surface area contributed by atoms with Crippen LogP contribution in [0, 0.1) is 0 Å². The van der Waals surface area contributed by atoms with E-state index in [1.807, 2.05) is 11.3 Å². The minimum atomic E-state index is 1.20. The highest BCUT2D eigenvalue weighted by Gasteiger charge is 2.16. The van der Waals surface area contributed by atoms with Gasteiger partial charge in [-0.25, -0.2) is 0 Å². The van der Waals surface area contributed by atoms with Crippen LogP contribution in [0.5, 0.6) is 0 Å². The van der Waals surface area contributed by atoms with Crippen molar-refractivity contribution in [2.24, 2.45) is 0 Å². The topological polar surface area (TPSA) is 15.8 Å². The summed E-state index contributed by atoms with van der Waals surface area (Å²) in [5, 5.41) is 7.94. The molecule has 2 aromatic heterocycles. The van der Waals surface area contributed by atoms with Crippen LogP contribution in [0.3, 0.4) is 0 Å².